The maximum absolute atomic E-state index is 6.26. The van der Waals surface area contributed by atoms with Gasteiger partial charge in [-0.2, -0.15) is 0 Å². The molecule has 0 saturated heterocycles. The van der Waals surface area contributed by atoms with Crippen molar-refractivity contribution in [2.75, 3.05) is 14.2 Å². The molecule has 94 valence electrons. The quantitative estimate of drug-likeness (QED) is 0.765. The van der Waals surface area contributed by atoms with Gasteiger partial charge in [0.1, 0.15) is 11.5 Å². The standard InChI is InChI=1S/C14H19ClO2/c1-14(8-7-10(15)9-14)13-11(16-2)5-4-6-12(13)17-3/h4-6,10H,7-9H2,1-3H3. The lowest BCUT2D eigenvalue weighted by Crippen LogP contribution is -2.20. The molecular formula is C14H19ClO2. The summed E-state index contributed by atoms with van der Waals surface area (Å²) in [7, 11) is 3.41. The van der Waals surface area contributed by atoms with Crippen LogP contribution in [-0.2, 0) is 5.41 Å². The predicted octanol–water partition coefficient (Wildman–Crippen LogP) is 3.75. The molecule has 0 heterocycles. The second-order valence-electron chi connectivity index (χ2n) is 4.94. The molecule has 2 rings (SSSR count). The third-order valence-electron chi connectivity index (χ3n) is 3.71. The Balaban J connectivity index is 2.49. The number of benzene rings is 1. The van der Waals surface area contributed by atoms with Crippen LogP contribution in [0.25, 0.3) is 0 Å². The van der Waals surface area contributed by atoms with Crippen LogP contribution < -0.4 is 9.47 Å². The Morgan fingerprint density at radius 1 is 1.24 bits per heavy atom. The van der Waals surface area contributed by atoms with Gasteiger partial charge in [0.25, 0.3) is 0 Å². The summed E-state index contributed by atoms with van der Waals surface area (Å²) in [5, 5.41) is 0.259. The third-order valence-corrected chi connectivity index (χ3v) is 4.09. The van der Waals surface area contributed by atoms with Crippen molar-refractivity contribution in [3.05, 3.63) is 23.8 Å². The monoisotopic (exact) mass is 254 g/mol. The molecule has 1 aromatic rings. The number of halogens is 1. The van der Waals surface area contributed by atoms with Gasteiger partial charge in [-0.05, 0) is 31.4 Å². The number of rotatable bonds is 3. The minimum absolute atomic E-state index is 0.0599. The first-order valence-electron chi connectivity index (χ1n) is 5.96. The van der Waals surface area contributed by atoms with Gasteiger partial charge >= 0.3 is 0 Å². The summed E-state index contributed by atoms with van der Waals surface area (Å²) in [6.07, 6.45) is 3.11. The lowest BCUT2D eigenvalue weighted by atomic mass is 9.80. The molecule has 0 aromatic heterocycles. The van der Waals surface area contributed by atoms with E-state index in [4.69, 9.17) is 21.1 Å². The summed E-state index contributed by atoms with van der Waals surface area (Å²) in [5.41, 5.74) is 1.22. The first kappa shape index (κ1) is 12.6. The number of alkyl halides is 1. The molecule has 1 saturated carbocycles. The summed E-state index contributed by atoms with van der Waals surface area (Å²) < 4.78 is 11.0. The summed E-state index contributed by atoms with van der Waals surface area (Å²) in [4.78, 5) is 0. The van der Waals surface area contributed by atoms with Crippen LogP contribution in [0.5, 0.6) is 11.5 Å². The van der Waals surface area contributed by atoms with Crippen LogP contribution in [0.4, 0.5) is 0 Å². The van der Waals surface area contributed by atoms with Gasteiger partial charge in [-0.3, -0.25) is 0 Å². The third kappa shape index (κ3) is 2.23. The van der Waals surface area contributed by atoms with Gasteiger partial charge in [0, 0.05) is 16.4 Å². The van der Waals surface area contributed by atoms with Crippen molar-refractivity contribution >= 4 is 11.6 Å². The zero-order valence-electron chi connectivity index (χ0n) is 10.6. The molecule has 0 radical (unpaired) electrons. The molecule has 0 spiro atoms. The highest BCUT2D eigenvalue weighted by Crippen LogP contribution is 2.49. The molecule has 0 amide bonds. The Hall–Kier alpha value is -0.890. The smallest absolute Gasteiger partial charge is 0.126 e. The van der Waals surface area contributed by atoms with Gasteiger partial charge in [0.15, 0.2) is 0 Å². The fraction of sp³-hybridized carbons (Fsp3) is 0.571. The zero-order chi connectivity index (χ0) is 12.5. The van der Waals surface area contributed by atoms with E-state index in [0.29, 0.717) is 0 Å². The molecule has 2 nitrogen and oxygen atoms in total. The van der Waals surface area contributed by atoms with Gasteiger partial charge < -0.3 is 9.47 Å². The summed E-state index contributed by atoms with van der Waals surface area (Å²) >= 11 is 6.26. The number of ether oxygens (including phenoxy) is 2. The Labute approximate surface area is 108 Å². The predicted molar refractivity (Wildman–Crippen MR) is 70.4 cm³/mol. The topological polar surface area (TPSA) is 18.5 Å². The average molecular weight is 255 g/mol. The van der Waals surface area contributed by atoms with Crippen molar-refractivity contribution in [3.63, 3.8) is 0 Å². The lowest BCUT2D eigenvalue weighted by molar-refractivity contribution is 0.355. The second kappa shape index (κ2) is 4.77. The molecular weight excluding hydrogens is 236 g/mol. The van der Waals surface area contributed by atoms with Crippen LogP contribution >= 0.6 is 11.6 Å². The molecule has 1 aliphatic carbocycles. The Bertz CT molecular complexity index is 383. The summed E-state index contributed by atoms with van der Waals surface area (Å²) in [6.45, 7) is 2.25. The van der Waals surface area contributed by atoms with Crippen LogP contribution in [0, 0.1) is 0 Å². The molecule has 1 aromatic carbocycles. The van der Waals surface area contributed by atoms with Gasteiger partial charge in [0.2, 0.25) is 0 Å². The van der Waals surface area contributed by atoms with Crippen LogP contribution in [-0.4, -0.2) is 19.6 Å². The van der Waals surface area contributed by atoms with E-state index in [1.807, 2.05) is 18.2 Å². The fourth-order valence-electron chi connectivity index (χ4n) is 2.84. The normalized spacial score (nSPS) is 28.1. The molecule has 2 atom stereocenters. The number of hydrogen-bond donors (Lipinski definition) is 0. The van der Waals surface area contributed by atoms with E-state index in [1.54, 1.807) is 14.2 Å². The van der Waals surface area contributed by atoms with Crippen molar-refractivity contribution in [2.24, 2.45) is 0 Å². The van der Waals surface area contributed by atoms with E-state index in [0.717, 1.165) is 36.3 Å². The highest BCUT2D eigenvalue weighted by molar-refractivity contribution is 6.20. The van der Waals surface area contributed by atoms with Crippen molar-refractivity contribution < 1.29 is 9.47 Å². The van der Waals surface area contributed by atoms with Crippen LogP contribution in [0.3, 0.4) is 0 Å². The van der Waals surface area contributed by atoms with E-state index >= 15 is 0 Å². The van der Waals surface area contributed by atoms with Gasteiger partial charge in [-0.25, -0.2) is 0 Å². The SMILES string of the molecule is COc1cccc(OC)c1C1(C)CCC(Cl)C1. The lowest BCUT2D eigenvalue weighted by Gasteiger charge is -2.28. The largest absolute Gasteiger partial charge is 0.496 e. The number of methoxy groups -OCH3 is 2. The zero-order valence-corrected chi connectivity index (χ0v) is 11.4. The van der Waals surface area contributed by atoms with Gasteiger partial charge in [-0.1, -0.05) is 13.0 Å². The average Bonchev–Trinajstić information content (AvgIpc) is 2.69. The Morgan fingerprint density at radius 2 is 1.82 bits per heavy atom. The minimum Gasteiger partial charge on any atom is -0.496 e. The van der Waals surface area contributed by atoms with E-state index in [1.165, 1.54) is 0 Å². The maximum Gasteiger partial charge on any atom is 0.126 e. The van der Waals surface area contributed by atoms with Crippen molar-refractivity contribution in [3.8, 4) is 11.5 Å². The van der Waals surface area contributed by atoms with E-state index in [2.05, 4.69) is 6.92 Å². The van der Waals surface area contributed by atoms with Gasteiger partial charge in [0.05, 0.1) is 14.2 Å². The van der Waals surface area contributed by atoms with Crippen LogP contribution in [0.1, 0.15) is 31.7 Å². The maximum atomic E-state index is 6.26. The molecule has 2 unspecified atom stereocenters. The van der Waals surface area contributed by atoms with Crippen LogP contribution in [0.15, 0.2) is 18.2 Å². The highest BCUT2D eigenvalue weighted by Gasteiger charge is 2.39. The molecule has 0 bridgehead atoms. The molecule has 0 aliphatic heterocycles. The van der Waals surface area contributed by atoms with Crippen molar-refractivity contribution in [1.29, 1.82) is 0 Å². The van der Waals surface area contributed by atoms with E-state index in [9.17, 15) is 0 Å². The molecule has 1 aliphatic rings. The molecule has 3 heteroatoms. The van der Waals surface area contributed by atoms with Gasteiger partial charge in [-0.15, -0.1) is 11.6 Å². The van der Waals surface area contributed by atoms with Crippen molar-refractivity contribution in [2.45, 2.75) is 37.0 Å². The summed E-state index contributed by atoms with van der Waals surface area (Å²) in [6, 6.07) is 5.94. The Morgan fingerprint density at radius 3 is 2.24 bits per heavy atom. The molecule has 1 fully saturated rings. The first-order valence-corrected chi connectivity index (χ1v) is 6.40. The highest BCUT2D eigenvalue weighted by atomic mass is 35.5. The minimum atomic E-state index is 0.0599. The van der Waals surface area contributed by atoms with E-state index in [-0.39, 0.29) is 10.8 Å². The van der Waals surface area contributed by atoms with Crippen molar-refractivity contribution in [1.82, 2.24) is 0 Å². The number of hydrogen-bond acceptors (Lipinski definition) is 2. The second-order valence-corrected chi connectivity index (χ2v) is 5.56. The fourth-order valence-corrected chi connectivity index (χ4v) is 3.29. The van der Waals surface area contributed by atoms with E-state index < -0.39 is 0 Å². The van der Waals surface area contributed by atoms with Crippen LogP contribution in [0.2, 0.25) is 0 Å². The molecule has 0 N–H and O–H groups in total. The summed E-state index contributed by atoms with van der Waals surface area (Å²) in [5.74, 6) is 1.80. The molecule has 17 heavy (non-hydrogen) atoms. The first-order chi connectivity index (χ1) is 8.10. The Kier molecular flexibility index (Phi) is 3.53.